The number of hydrogen-bond acceptors (Lipinski definition) is 4. The van der Waals surface area contributed by atoms with E-state index in [9.17, 15) is 12.8 Å². The van der Waals surface area contributed by atoms with Gasteiger partial charge in [-0.15, -0.1) is 0 Å². The summed E-state index contributed by atoms with van der Waals surface area (Å²) in [6, 6.07) is -0.102. The van der Waals surface area contributed by atoms with Gasteiger partial charge in [0, 0.05) is 31.9 Å². The average molecular weight is 334 g/mol. The van der Waals surface area contributed by atoms with E-state index in [1.54, 1.807) is 4.31 Å². The van der Waals surface area contributed by atoms with E-state index in [0.717, 1.165) is 19.0 Å². The summed E-state index contributed by atoms with van der Waals surface area (Å²) in [6.07, 6.45) is 4.84. The highest BCUT2D eigenvalue weighted by molar-refractivity contribution is 7.89. The molecule has 1 aromatic rings. The highest BCUT2D eigenvalue weighted by Crippen LogP contribution is 2.32. The Hall–Kier alpha value is -0.920. The van der Waals surface area contributed by atoms with Gasteiger partial charge >= 0.3 is 0 Å². The number of hydrogen-bond donors (Lipinski definition) is 0. The lowest BCUT2D eigenvalue weighted by Crippen LogP contribution is -2.48. The van der Waals surface area contributed by atoms with E-state index < -0.39 is 15.8 Å². The summed E-state index contributed by atoms with van der Waals surface area (Å²) in [5.74, 6) is -0.249. The molecule has 3 rings (SSSR count). The minimum Gasteiger partial charge on any atom is -0.366 e. The molecule has 0 spiro atoms. The fourth-order valence-electron chi connectivity index (χ4n) is 3.17. The van der Waals surface area contributed by atoms with Crippen molar-refractivity contribution in [3.63, 3.8) is 0 Å². The molecule has 3 heterocycles. The quantitative estimate of drug-likeness (QED) is 0.829. The third kappa shape index (κ3) is 2.86. The van der Waals surface area contributed by atoms with Gasteiger partial charge in [-0.1, -0.05) is 11.6 Å². The summed E-state index contributed by atoms with van der Waals surface area (Å²) in [4.78, 5) is 5.55. The van der Waals surface area contributed by atoms with Gasteiger partial charge < -0.3 is 4.90 Å². The van der Waals surface area contributed by atoms with Crippen LogP contribution in [0.15, 0.2) is 12.4 Å². The Bertz CT molecular complexity index is 620. The van der Waals surface area contributed by atoms with Crippen LogP contribution >= 0.6 is 11.6 Å². The number of pyridine rings is 1. The smallest absolute Gasteiger partial charge is 0.214 e. The Kier molecular flexibility index (Phi) is 4.07. The van der Waals surface area contributed by atoms with Crippen LogP contribution in [0.2, 0.25) is 5.02 Å². The van der Waals surface area contributed by atoms with E-state index in [0.29, 0.717) is 31.7 Å². The van der Waals surface area contributed by atoms with E-state index in [-0.39, 0.29) is 16.8 Å². The van der Waals surface area contributed by atoms with Crippen LogP contribution in [-0.2, 0) is 10.0 Å². The van der Waals surface area contributed by atoms with Gasteiger partial charge in [-0.3, -0.25) is 4.98 Å². The average Bonchev–Trinajstić information content (AvgIpc) is 2.78. The first-order chi connectivity index (χ1) is 9.99. The Labute approximate surface area is 128 Å². The van der Waals surface area contributed by atoms with Crippen molar-refractivity contribution in [3.8, 4) is 0 Å². The van der Waals surface area contributed by atoms with Gasteiger partial charge in [-0.2, -0.15) is 4.31 Å². The third-order valence-corrected chi connectivity index (χ3v) is 6.36. The number of aromatic nitrogens is 1. The lowest BCUT2D eigenvalue weighted by Gasteiger charge is -2.38. The van der Waals surface area contributed by atoms with Crippen molar-refractivity contribution in [2.45, 2.75) is 25.3 Å². The fraction of sp³-hybridized carbons (Fsp3) is 0.615. The van der Waals surface area contributed by atoms with Gasteiger partial charge in [0.05, 0.1) is 22.7 Å². The largest absolute Gasteiger partial charge is 0.366 e. The summed E-state index contributed by atoms with van der Waals surface area (Å²) >= 11 is 6.05. The van der Waals surface area contributed by atoms with Crippen molar-refractivity contribution in [2.24, 2.45) is 0 Å². The highest BCUT2D eigenvalue weighted by Gasteiger charge is 2.37. The molecule has 0 amide bonds. The van der Waals surface area contributed by atoms with Crippen LogP contribution in [0.4, 0.5) is 10.1 Å². The zero-order chi connectivity index (χ0) is 15.0. The van der Waals surface area contributed by atoms with Crippen molar-refractivity contribution in [1.29, 1.82) is 0 Å². The number of sulfonamides is 1. The van der Waals surface area contributed by atoms with Crippen LogP contribution < -0.4 is 4.90 Å². The molecule has 0 saturated carbocycles. The number of halogens is 2. The predicted molar refractivity (Wildman–Crippen MR) is 79.5 cm³/mol. The van der Waals surface area contributed by atoms with Crippen molar-refractivity contribution in [2.75, 3.05) is 30.3 Å². The van der Waals surface area contributed by atoms with Crippen molar-refractivity contribution < 1.29 is 12.8 Å². The monoisotopic (exact) mass is 333 g/mol. The van der Waals surface area contributed by atoms with Gasteiger partial charge in [0.1, 0.15) is 0 Å². The van der Waals surface area contributed by atoms with E-state index in [1.807, 2.05) is 4.90 Å². The topological polar surface area (TPSA) is 53.5 Å². The maximum absolute atomic E-state index is 14.0. The minimum absolute atomic E-state index is 0.102. The maximum atomic E-state index is 14.0. The molecule has 2 saturated heterocycles. The number of anilines is 1. The van der Waals surface area contributed by atoms with E-state index in [4.69, 9.17) is 11.6 Å². The molecule has 5 nitrogen and oxygen atoms in total. The summed E-state index contributed by atoms with van der Waals surface area (Å²) in [7, 11) is -3.14. The molecule has 0 aromatic carbocycles. The standard InChI is InChI=1S/C13H17ClFN3O2S/c14-11-7-16-8-12(15)13(11)17-4-1-3-10(9-17)18-5-2-6-21(18,19)20/h7-8,10H,1-6,9H2. The molecule has 1 atom stereocenters. The molecule has 2 aliphatic heterocycles. The molecule has 1 aromatic heterocycles. The van der Waals surface area contributed by atoms with Crippen LogP contribution in [0.3, 0.4) is 0 Å². The van der Waals surface area contributed by atoms with Crippen LogP contribution in [0, 0.1) is 5.82 Å². The van der Waals surface area contributed by atoms with Gasteiger partial charge in [-0.05, 0) is 19.3 Å². The summed E-state index contributed by atoms with van der Waals surface area (Å²) < 4.78 is 39.6. The Morgan fingerprint density at radius 2 is 2.10 bits per heavy atom. The second-order valence-corrected chi connectivity index (χ2v) is 7.92. The maximum Gasteiger partial charge on any atom is 0.214 e. The molecule has 1 unspecified atom stereocenters. The Morgan fingerprint density at radius 3 is 2.76 bits per heavy atom. The molecule has 21 heavy (non-hydrogen) atoms. The van der Waals surface area contributed by atoms with Crippen molar-refractivity contribution >= 4 is 27.3 Å². The number of nitrogens with zero attached hydrogens (tertiary/aromatic N) is 3. The lowest BCUT2D eigenvalue weighted by atomic mass is 10.0. The first-order valence-corrected chi connectivity index (χ1v) is 9.01. The molecule has 0 bridgehead atoms. The van der Waals surface area contributed by atoms with E-state index in [1.165, 1.54) is 6.20 Å². The zero-order valence-corrected chi connectivity index (χ0v) is 13.1. The van der Waals surface area contributed by atoms with Crippen LogP contribution in [-0.4, -0.2) is 49.1 Å². The molecule has 116 valence electrons. The zero-order valence-electron chi connectivity index (χ0n) is 11.5. The summed E-state index contributed by atoms with van der Waals surface area (Å²) in [6.45, 7) is 1.71. The fourth-order valence-corrected chi connectivity index (χ4v) is 5.20. The minimum atomic E-state index is -3.14. The number of rotatable bonds is 2. The predicted octanol–water partition coefficient (Wildman–Crippen LogP) is 1.88. The van der Waals surface area contributed by atoms with Gasteiger partial charge in [0.15, 0.2) is 5.82 Å². The molecular weight excluding hydrogens is 317 g/mol. The first-order valence-electron chi connectivity index (χ1n) is 7.02. The SMILES string of the molecule is O=S1(=O)CCCN1C1CCCN(c2c(F)cncc2Cl)C1. The Balaban J connectivity index is 1.83. The van der Waals surface area contributed by atoms with E-state index >= 15 is 0 Å². The lowest BCUT2D eigenvalue weighted by molar-refractivity contribution is 0.298. The first kappa shape index (κ1) is 15.0. The van der Waals surface area contributed by atoms with Crippen molar-refractivity contribution in [3.05, 3.63) is 23.2 Å². The second-order valence-electron chi connectivity index (χ2n) is 5.47. The highest BCUT2D eigenvalue weighted by atomic mass is 35.5. The van der Waals surface area contributed by atoms with Crippen LogP contribution in [0.5, 0.6) is 0 Å². The Morgan fingerprint density at radius 1 is 1.29 bits per heavy atom. The third-order valence-electron chi connectivity index (χ3n) is 4.09. The van der Waals surface area contributed by atoms with Crippen molar-refractivity contribution in [1.82, 2.24) is 9.29 Å². The summed E-state index contributed by atoms with van der Waals surface area (Å²) in [5.41, 5.74) is 0.327. The number of piperidine rings is 1. The normalized spacial score (nSPS) is 26.2. The summed E-state index contributed by atoms with van der Waals surface area (Å²) in [5, 5.41) is 0.264. The van der Waals surface area contributed by atoms with Crippen LogP contribution in [0.1, 0.15) is 19.3 Å². The molecule has 2 fully saturated rings. The van der Waals surface area contributed by atoms with Gasteiger partial charge in [0.2, 0.25) is 10.0 Å². The van der Waals surface area contributed by atoms with Crippen LogP contribution in [0.25, 0.3) is 0 Å². The molecule has 8 heteroatoms. The molecule has 0 N–H and O–H groups in total. The second kappa shape index (κ2) is 5.70. The van der Waals surface area contributed by atoms with E-state index in [2.05, 4.69) is 4.98 Å². The molecule has 2 aliphatic rings. The van der Waals surface area contributed by atoms with Gasteiger partial charge in [-0.25, -0.2) is 12.8 Å². The molecule has 0 radical (unpaired) electrons. The van der Waals surface area contributed by atoms with Gasteiger partial charge in [0.25, 0.3) is 0 Å². The molecule has 0 aliphatic carbocycles. The molecular formula is C13H17ClFN3O2S.